The Morgan fingerprint density at radius 1 is 1.25 bits per heavy atom. The third-order valence-corrected chi connectivity index (χ3v) is 3.48. The Balaban J connectivity index is 2.26. The molecule has 1 atom stereocenters. The second-order valence-electron chi connectivity index (χ2n) is 4.69. The summed E-state index contributed by atoms with van der Waals surface area (Å²) in [5.74, 6) is 0.324. The van der Waals surface area contributed by atoms with Crippen molar-refractivity contribution in [3.63, 3.8) is 0 Å². The number of hydrogen-bond donors (Lipinski definition) is 1. The molecule has 4 heteroatoms. The van der Waals surface area contributed by atoms with Crippen LogP contribution < -0.4 is 10.5 Å². The number of halogens is 2. The van der Waals surface area contributed by atoms with Crippen molar-refractivity contribution < 1.29 is 9.13 Å². The Morgan fingerprint density at radius 2 is 2.00 bits per heavy atom. The number of rotatable bonds is 4. The van der Waals surface area contributed by atoms with Gasteiger partial charge in [-0.25, -0.2) is 4.39 Å². The van der Waals surface area contributed by atoms with Crippen molar-refractivity contribution in [2.75, 3.05) is 0 Å². The van der Waals surface area contributed by atoms with E-state index in [1.54, 1.807) is 24.3 Å². The van der Waals surface area contributed by atoms with Crippen molar-refractivity contribution in [2.24, 2.45) is 5.73 Å². The lowest BCUT2D eigenvalue weighted by atomic mass is 10.1. The summed E-state index contributed by atoms with van der Waals surface area (Å²) in [5.41, 5.74) is 7.42. The first kappa shape index (κ1) is 14.8. The molecule has 20 heavy (non-hydrogen) atoms. The molecule has 0 bridgehead atoms. The summed E-state index contributed by atoms with van der Waals surface area (Å²) < 4.78 is 19.5. The first-order valence-electron chi connectivity index (χ1n) is 6.52. The van der Waals surface area contributed by atoms with Gasteiger partial charge in [-0.3, -0.25) is 0 Å². The van der Waals surface area contributed by atoms with E-state index in [0.717, 1.165) is 17.5 Å². The molecule has 0 aliphatic carbocycles. The van der Waals surface area contributed by atoms with Gasteiger partial charge in [0.15, 0.2) is 11.6 Å². The highest BCUT2D eigenvalue weighted by Gasteiger charge is 2.09. The van der Waals surface area contributed by atoms with Crippen LogP contribution in [-0.2, 0) is 6.42 Å². The second-order valence-corrected chi connectivity index (χ2v) is 5.09. The molecular formula is C16H17ClFNO. The van der Waals surface area contributed by atoms with Gasteiger partial charge in [0.25, 0.3) is 0 Å². The molecule has 106 valence electrons. The largest absolute Gasteiger partial charge is 0.454 e. The summed E-state index contributed by atoms with van der Waals surface area (Å²) in [7, 11) is 0. The van der Waals surface area contributed by atoms with E-state index in [-0.39, 0.29) is 11.8 Å². The molecule has 2 nitrogen and oxygen atoms in total. The van der Waals surface area contributed by atoms with Gasteiger partial charge in [-0.15, -0.1) is 0 Å². The monoisotopic (exact) mass is 293 g/mol. The minimum absolute atomic E-state index is 0.179. The van der Waals surface area contributed by atoms with Gasteiger partial charge in [0.05, 0.1) is 0 Å². The van der Waals surface area contributed by atoms with Crippen LogP contribution in [0.4, 0.5) is 4.39 Å². The highest BCUT2D eigenvalue weighted by atomic mass is 35.5. The normalized spacial score (nSPS) is 12.2. The summed E-state index contributed by atoms with van der Waals surface area (Å²) in [6, 6.07) is 9.84. The molecule has 0 aromatic heterocycles. The molecule has 0 amide bonds. The van der Waals surface area contributed by atoms with Crippen LogP contribution in [0.15, 0.2) is 36.4 Å². The highest BCUT2D eigenvalue weighted by molar-refractivity contribution is 6.31. The SMILES string of the molecule is CCc1cc(Oc2ccc([C@H](C)N)cc2F)ccc1Cl. The molecule has 0 fully saturated rings. The van der Waals surface area contributed by atoms with E-state index >= 15 is 0 Å². The summed E-state index contributed by atoms with van der Waals surface area (Å²) in [6.07, 6.45) is 0.794. The number of ether oxygens (including phenoxy) is 1. The van der Waals surface area contributed by atoms with Gasteiger partial charge in [0.2, 0.25) is 0 Å². The van der Waals surface area contributed by atoms with Crippen molar-refractivity contribution in [1.82, 2.24) is 0 Å². The maximum Gasteiger partial charge on any atom is 0.166 e. The van der Waals surface area contributed by atoms with Crippen LogP contribution in [0.25, 0.3) is 0 Å². The zero-order valence-electron chi connectivity index (χ0n) is 11.5. The highest BCUT2D eigenvalue weighted by Crippen LogP contribution is 2.29. The maximum absolute atomic E-state index is 14.0. The fourth-order valence-electron chi connectivity index (χ4n) is 1.90. The number of benzene rings is 2. The van der Waals surface area contributed by atoms with E-state index in [1.807, 2.05) is 19.9 Å². The lowest BCUT2D eigenvalue weighted by molar-refractivity contribution is 0.441. The standard InChI is InChI=1S/C16H17ClFNO/c1-3-11-8-13(5-6-14(11)17)20-16-7-4-12(10(2)19)9-15(16)18/h4-10H,3,19H2,1-2H3/t10-/m0/s1. The van der Waals surface area contributed by atoms with E-state index in [2.05, 4.69) is 0 Å². The van der Waals surface area contributed by atoms with Crippen molar-refractivity contribution in [3.8, 4) is 11.5 Å². The lowest BCUT2D eigenvalue weighted by Gasteiger charge is -2.11. The predicted molar refractivity (Wildman–Crippen MR) is 79.9 cm³/mol. The third kappa shape index (κ3) is 3.30. The molecule has 0 saturated carbocycles. The molecule has 0 saturated heterocycles. The molecule has 0 radical (unpaired) electrons. The quantitative estimate of drug-likeness (QED) is 0.874. The Hall–Kier alpha value is -1.58. The van der Waals surface area contributed by atoms with Crippen LogP contribution in [0.5, 0.6) is 11.5 Å². The maximum atomic E-state index is 14.0. The average molecular weight is 294 g/mol. The van der Waals surface area contributed by atoms with Crippen LogP contribution in [-0.4, -0.2) is 0 Å². The summed E-state index contributed by atoms with van der Waals surface area (Å²) in [6.45, 7) is 3.81. The van der Waals surface area contributed by atoms with E-state index < -0.39 is 5.82 Å². The third-order valence-electron chi connectivity index (χ3n) is 3.11. The first-order chi connectivity index (χ1) is 9.51. The molecule has 2 rings (SSSR count). The van der Waals surface area contributed by atoms with E-state index in [1.165, 1.54) is 6.07 Å². The van der Waals surface area contributed by atoms with Crippen molar-refractivity contribution in [2.45, 2.75) is 26.3 Å². The zero-order valence-corrected chi connectivity index (χ0v) is 12.2. The molecule has 0 aliphatic heterocycles. The smallest absolute Gasteiger partial charge is 0.166 e. The molecule has 2 aromatic carbocycles. The lowest BCUT2D eigenvalue weighted by Crippen LogP contribution is -2.05. The van der Waals surface area contributed by atoms with Gasteiger partial charge in [-0.1, -0.05) is 24.6 Å². The summed E-state index contributed by atoms with van der Waals surface area (Å²) in [5, 5.41) is 0.688. The van der Waals surface area contributed by atoms with Gasteiger partial charge in [-0.2, -0.15) is 0 Å². The van der Waals surface area contributed by atoms with E-state index in [9.17, 15) is 4.39 Å². The Labute approximate surface area is 123 Å². The minimum Gasteiger partial charge on any atom is -0.454 e. The van der Waals surface area contributed by atoms with Crippen molar-refractivity contribution in [3.05, 3.63) is 58.4 Å². The molecule has 2 aromatic rings. The Kier molecular flexibility index (Phi) is 4.63. The van der Waals surface area contributed by atoms with Crippen LogP contribution in [0.2, 0.25) is 5.02 Å². The van der Waals surface area contributed by atoms with Crippen molar-refractivity contribution in [1.29, 1.82) is 0 Å². The van der Waals surface area contributed by atoms with Crippen molar-refractivity contribution >= 4 is 11.6 Å². The molecule has 0 unspecified atom stereocenters. The fourth-order valence-corrected chi connectivity index (χ4v) is 2.15. The van der Waals surface area contributed by atoms with Crippen LogP contribution in [0.3, 0.4) is 0 Å². The van der Waals surface area contributed by atoms with Gasteiger partial charge in [0.1, 0.15) is 5.75 Å². The zero-order chi connectivity index (χ0) is 14.7. The molecule has 0 aliphatic rings. The molecular weight excluding hydrogens is 277 g/mol. The number of aryl methyl sites for hydroxylation is 1. The van der Waals surface area contributed by atoms with E-state index in [0.29, 0.717) is 10.8 Å². The second kappa shape index (κ2) is 6.25. The Morgan fingerprint density at radius 3 is 2.60 bits per heavy atom. The number of nitrogens with two attached hydrogens (primary N) is 1. The van der Waals surface area contributed by atoms with E-state index in [4.69, 9.17) is 22.1 Å². The predicted octanol–water partition coefficient (Wildman–Crippen LogP) is 4.85. The van der Waals surface area contributed by atoms with Crippen LogP contribution >= 0.6 is 11.6 Å². The Bertz CT molecular complexity index is 613. The first-order valence-corrected chi connectivity index (χ1v) is 6.90. The fraction of sp³-hybridized carbons (Fsp3) is 0.250. The summed E-state index contributed by atoms with van der Waals surface area (Å²) >= 11 is 6.04. The van der Waals surface area contributed by atoms with Gasteiger partial charge < -0.3 is 10.5 Å². The molecule has 2 N–H and O–H groups in total. The van der Waals surface area contributed by atoms with Crippen LogP contribution in [0, 0.1) is 5.82 Å². The minimum atomic E-state index is -0.423. The molecule has 0 heterocycles. The molecule has 0 spiro atoms. The van der Waals surface area contributed by atoms with Gasteiger partial charge in [-0.05, 0) is 54.8 Å². The topological polar surface area (TPSA) is 35.2 Å². The summed E-state index contributed by atoms with van der Waals surface area (Å²) in [4.78, 5) is 0. The number of hydrogen-bond acceptors (Lipinski definition) is 2. The van der Waals surface area contributed by atoms with Crippen LogP contribution in [0.1, 0.15) is 31.0 Å². The average Bonchev–Trinajstić information content (AvgIpc) is 2.42. The van der Waals surface area contributed by atoms with Gasteiger partial charge in [0, 0.05) is 11.1 Å². The van der Waals surface area contributed by atoms with Gasteiger partial charge >= 0.3 is 0 Å².